The van der Waals surface area contributed by atoms with Crippen molar-refractivity contribution in [3.63, 3.8) is 0 Å². The van der Waals surface area contributed by atoms with Gasteiger partial charge in [0.15, 0.2) is 0 Å². The Balaban J connectivity index is 0.000000380. The van der Waals surface area contributed by atoms with Crippen molar-refractivity contribution in [2.45, 2.75) is 166 Å². The van der Waals surface area contributed by atoms with Gasteiger partial charge in [0.25, 0.3) is 0 Å². The van der Waals surface area contributed by atoms with Crippen molar-refractivity contribution in [3.8, 4) is 0 Å². The molecule has 0 aromatic carbocycles. The summed E-state index contributed by atoms with van der Waals surface area (Å²) in [5.41, 5.74) is 7.95. The molecule has 13 nitrogen and oxygen atoms in total. The zero-order valence-corrected chi connectivity index (χ0v) is 43.2. The van der Waals surface area contributed by atoms with Crippen LogP contribution in [0.4, 0.5) is 13.2 Å². The van der Waals surface area contributed by atoms with Crippen molar-refractivity contribution in [1.82, 2.24) is 55.1 Å². The second kappa shape index (κ2) is 28.7. The van der Waals surface area contributed by atoms with E-state index in [4.69, 9.17) is 4.52 Å². The standard InChI is InChI=1S/C8H13N.C7H9F3N2.2C7H12N2.C7H11NO.C6H11N3.C6H9NS/c1-6(2)8-7(3)4-5-9-8;1-4(2)6-5(3-11-12-6)7(8,9)10;1-6(2)7-8-4-5-9(7)3;1-5(2)7-6(3)4-8-9-7;1-5(2)7-6(3)4-9-8-7;1-5(2)9-6(3)4-7-8-9;1-5(2)6-7-3-4-8-6/h4,6H,5H2,1-3H3;3-4H,1-2H3,(H,11,12);4-6H,1-3H3;4-5H,1-3H3,(H,8,9);2*4-5H,1-3H3;3-5H,1-2H3. The van der Waals surface area contributed by atoms with E-state index in [-0.39, 0.29) is 11.6 Å². The molecule has 0 saturated carbocycles. The van der Waals surface area contributed by atoms with Crippen LogP contribution in [0.15, 0.2) is 70.0 Å². The van der Waals surface area contributed by atoms with Crippen molar-refractivity contribution in [2.75, 3.05) is 6.54 Å². The first-order valence-electron chi connectivity index (χ1n) is 22.3. The number of thiazole rings is 1. The molecule has 1 aliphatic heterocycles. The highest BCUT2D eigenvalue weighted by molar-refractivity contribution is 7.09. The number of nitrogens with one attached hydrogen (secondary N) is 2. The lowest BCUT2D eigenvalue weighted by Crippen LogP contribution is -2.08. The SMILES string of the molecule is CC(C)c1[nH]ncc1C(F)(F)F.CC(C)c1nccn1C.CC(C)c1nccs1.CC1=CCN=C1C(C)C.Cc1cn[nH]c1C(C)C.Cc1cnnn1C(C)C.Cc1conc1C(C)C. The number of aliphatic imine (C=N–C) groups is 1. The lowest BCUT2D eigenvalue weighted by molar-refractivity contribution is -0.138. The molecule has 0 bridgehead atoms. The van der Waals surface area contributed by atoms with E-state index >= 15 is 0 Å². The van der Waals surface area contributed by atoms with Gasteiger partial charge in [-0.05, 0) is 76.4 Å². The van der Waals surface area contributed by atoms with E-state index in [1.807, 2.05) is 60.3 Å². The molecule has 17 heteroatoms. The number of hydrogen-bond donors (Lipinski definition) is 2. The minimum Gasteiger partial charge on any atom is -0.364 e. The molecule has 2 N–H and O–H groups in total. The lowest BCUT2D eigenvalue weighted by atomic mass is 10.0. The Morgan fingerprint density at radius 2 is 1.32 bits per heavy atom. The third kappa shape index (κ3) is 20.7. The molecule has 1 aliphatic rings. The number of aromatic amines is 2. The molecule has 0 atom stereocenters. The Morgan fingerprint density at radius 3 is 1.57 bits per heavy atom. The summed E-state index contributed by atoms with van der Waals surface area (Å²) in [6, 6.07) is 0.424. The van der Waals surface area contributed by atoms with Crippen LogP contribution in [0.3, 0.4) is 0 Å². The summed E-state index contributed by atoms with van der Waals surface area (Å²) < 4.78 is 45.2. The number of aromatic nitrogens is 11. The number of hydrogen-bond acceptors (Lipinski definition) is 10. The fraction of sp³-hybridized carbons (Fsp3) is 0.583. The number of rotatable bonds is 7. The molecule has 7 heterocycles. The Bertz CT molecular complexity index is 2040. The Labute approximate surface area is 390 Å². The van der Waals surface area contributed by atoms with Gasteiger partial charge in [-0.25, -0.2) is 14.6 Å². The highest BCUT2D eigenvalue weighted by atomic mass is 32.1. The molecule has 0 amide bonds. The molecular weight excluding hydrogens is 850 g/mol. The predicted octanol–water partition coefficient (Wildman–Crippen LogP) is 13.5. The molecule has 0 spiro atoms. The van der Waals surface area contributed by atoms with Crippen LogP contribution in [-0.2, 0) is 13.2 Å². The van der Waals surface area contributed by atoms with Gasteiger partial charge in [-0.2, -0.15) is 23.4 Å². The van der Waals surface area contributed by atoms with Crippen LogP contribution >= 0.6 is 11.3 Å². The average Bonchev–Trinajstić information content (AvgIpc) is 4.06. The molecule has 7 rings (SSSR count). The normalized spacial score (nSPS) is 12.0. The number of nitrogens with zero attached hydrogens (tertiary/aromatic N) is 10. The van der Waals surface area contributed by atoms with Crippen LogP contribution in [-0.4, -0.2) is 67.3 Å². The number of H-pyrrole nitrogens is 2. The number of imidazole rings is 1. The van der Waals surface area contributed by atoms with E-state index in [9.17, 15) is 13.2 Å². The van der Waals surface area contributed by atoms with Crippen molar-refractivity contribution < 1.29 is 17.7 Å². The first-order chi connectivity index (χ1) is 30.3. The molecule has 362 valence electrons. The van der Waals surface area contributed by atoms with Gasteiger partial charge in [-0.1, -0.05) is 99.5 Å². The van der Waals surface area contributed by atoms with E-state index in [1.54, 1.807) is 37.6 Å². The van der Waals surface area contributed by atoms with E-state index in [0.29, 0.717) is 35.6 Å². The van der Waals surface area contributed by atoms with Crippen LogP contribution in [0.25, 0.3) is 0 Å². The number of aryl methyl sites for hydroxylation is 4. The summed E-state index contributed by atoms with van der Waals surface area (Å²) >= 11 is 1.72. The first kappa shape index (κ1) is 57.8. The number of alkyl halides is 3. The van der Waals surface area contributed by atoms with Gasteiger partial charge in [0.1, 0.15) is 12.1 Å². The summed E-state index contributed by atoms with van der Waals surface area (Å²) in [5.74, 6) is 3.72. The maximum atomic E-state index is 12.2. The van der Waals surface area contributed by atoms with Gasteiger partial charge in [-0.15, -0.1) is 16.4 Å². The molecule has 0 aliphatic carbocycles. The molecular formula is C48H77F3N12OS. The largest absolute Gasteiger partial charge is 0.419 e. The summed E-state index contributed by atoms with van der Waals surface area (Å²) in [6.07, 6.45) is 9.63. The zero-order valence-electron chi connectivity index (χ0n) is 42.4. The minimum atomic E-state index is -4.30. The van der Waals surface area contributed by atoms with Crippen LogP contribution in [0.2, 0.25) is 0 Å². The molecule has 6 aromatic rings. The van der Waals surface area contributed by atoms with Gasteiger partial charge in [0, 0.05) is 71.6 Å². The molecule has 6 aromatic heterocycles. The fourth-order valence-corrected chi connectivity index (χ4v) is 6.82. The van der Waals surface area contributed by atoms with E-state index in [0.717, 1.165) is 35.5 Å². The van der Waals surface area contributed by atoms with Crippen LogP contribution < -0.4 is 0 Å². The highest BCUT2D eigenvalue weighted by Crippen LogP contribution is 2.33. The fourth-order valence-electron chi connectivity index (χ4n) is 6.16. The quantitative estimate of drug-likeness (QED) is 0.160. The zero-order chi connectivity index (χ0) is 49.6. The highest BCUT2D eigenvalue weighted by Gasteiger charge is 2.35. The van der Waals surface area contributed by atoms with Crippen molar-refractivity contribution in [2.24, 2.45) is 18.0 Å². The Hall–Kier alpha value is -5.19. The molecule has 0 unspecified atom stereocenters. The van der Waals surface area contributed by atoms with Crippen molar-refractivity contribution in [1.29, 1.82) is 0 Å². The molecule has 0 radical (unpaired) electrons. The monoisotopic (exact) mass is 927 g/mol. The third-order valence-electron chi connectivity index (χ3n) is 9.50. The second-order valence-corrected chi connectivity index (χ2v) is 18.7. The summed E-state index contributed by atoms with van der Waals surface area (Å²) in [6.45, 7) is 38.1. The van der Waals surface area contributed by atoms with Gasteiger partial charge in [-0.3, -0.25) is 15.2 Å². The van der Waals surface area contributed by atoms with Crippen molar-refractivity contribution in [3.05, 3.63) is 111 Å². The van der Waals surface area contributed by atoms with E-state index in [1.165, 1.54) is 27.5 Å². The van der Waals surface area contributed by atoms with Gasteiger partial charge in [0.05, 0.1) is 47.1 Å². The van der Waals surface area contributed by atoms with E-state index in [2.05, 4.69) is 154 Å². The Kier molecular flexibility index (Phi) is 25.5. The first-order valence-corrected chi connectivity index (χ1v) is 23.1. The summed E-state index contributed by atoms with van der Waals surface area (Å²) in [5, 5.41) is 27.3. The topological polar surface area (TPSA) is 157 Å². The summed E-state index contributed by atoms with van der Waals surface area (Å²) in [7, 11) is 2.02. The molecule has 0 fully saturated rings. The van der Waals surface area contributed by atoms with Crippen LogP contribution in [0.5, 0.6) is 0 Å². The maximum absolute atomic E-state index is 12.2. The minimum absolute atomic E-state index is 0.141. The average molecular weight is 927 g/mol. The second-order valence-electron chi connectivity index (χ2n) is 17.8. The van der Waals surface area contributed by atoms with Crippen LogP contribution in [0.1, 0.15) is 190 Å². The number of allylic oxidation sites excluding steroid dienone is 1. The van der Waals surface area contributed by atoms with E-state index < -0.39 is 11.7 Å². The Morgan fingerprint density at radius 1 is 0.708 bits per heavy atom. The van der Waals surface area contributed by atoms with Gasteiger partial charge >= 0.3 is 6.18 Å². The van der Waals surface area contributed by atoms with Gasteiger partial charge < -0.3 is 9.09 Å². The lowest BCUT2D eigenvalue weighted by Gasteiger charge is -2.08. The number of halogens is 3. The third-order valence-corrected chi connectivity index (χ3v) is 10.6. The van der Waals surface area contributed by atoms with Crippen LogP contribution in [0, 0.1) is 26.7 Å². The molecule has 0 saturated heterocycles. The summed E-state index contributed by atoms with van der Waals surface area (Å²) in [4.78, 5) is 12.7. The maximum Gasteiger partial charge on any atom is 0.419 e. The van der Waals surface area contributed by atoms with Gasteiger partial charge in [0.2, 0.25) is 0 Å². The predicted molar refractivity (Wildman–Crippen MR) is 260 cm³/mol. The molecule has 65 heavy (non-hydrogen) atoms. The smallest absolute Gasteiger partial charge is 0.364 e. The van der Waals surface area contributed by atoms with Crippen molar-refractivity contribution >= 4 is 17.0 Å².